The molecule has 16 heavy (non-hydrogen) atoms. The number of ether oxygens (including phenoxy) is 2. The minimum Gasteiger partial charge on any atom is -0.464 e. The third-order valence-electron chi connectivity index (χ3n) is 2.85. The predicted molar refractivity (Wildman–Crippen MR) is 60.4 cm³/mol. The highest BCUT2D eigenvalue weighted by atomic mass is 16.7. The molecule has 0 N–H and O–H groups in total. The van der Waals surface area contributed by atoms with Crippen molar-refractivity contribution in [1.82, 2.24) is 0 Å². The summed E-state index contributed by atoms with van der Waals surface area (Å²) in [6.07, 6.45) is 4.85. The minimum absolute atomic E-state index is 0.103. The number of benzene rings is 1. The summed E-state index contributed by atoms with van der Waals surface area (Å²) in [6, 6.07) is 7.75. The molecule has 2 heterocycles. The van der Waals surface area contributed by atoms with Gasteiger partial charge < -0.3 is 13.9 Å². The van der Waals surface area contributed by atoms with Crippen molar-refractivity contribution in [2.24, 2.45) is 0 Å². The fourth-order valence-electron chi connectivity index (χ4n) is 2.01. The topological polar surface area (TPSA) is 31.6 Å². The molecule has 1 aromatic heterocycles. The normalized spacial score (nSPS) is 21.1. The Morgan fingerprint density at radius 2 is 2.19 bits per heavy atom. The molecule has 1 atom stereocenters. The van der Waals surface area contributed by atoms with E-state index in [0.717, 1.165) is 36.2 Å². The zero-order valence-corrected chi connectivity index (χ0v) is 9.02. The number of furan rings is 1. The lowest BCUT2D eigenvalue weighted by molar-refractivity contribution is -0.105. The minimum atomic E-state index is -0.103. The maximum Gasteiger partial charge on any atom is 0.199 e. The first-order chi connectivity index (χ1) is 7.93. The van der Waals surface area contributed by atoms with E-state index >= 15 is 0 Å². The Hall–Kier alpha value is -1.48. The highest BCUT2D eigenvalue weighted by Gasteiger charge is 2.16. The third-order valence-corrected chi connectivity index (χ3v) is 2.85. The summed E-state index contributed by atoms with van der Waals surface area (Å²) in [5.74, 6) is 0.846. The molecule has 1 aliphatic heterocycles. The molecule has 1 aliphatic rings. The van der Waals surface area contributed by atoms with Crippen molar-refractivity contribution in [2.75, 3.05) is 6.61 Å². The summed E-state index contributed by atoms with van der Waals surface area (Å²) < 4.78 is 16.7. The Morgan fingerprint density at radius 1 is 1.19 bits per heavy atom. The summed E-state index contributed by atoms with van der Waals surface area (Å²) in [7, 11) is 0. The molecule has 84 valence electrons. The molecule has 0 amide bonds. The second-order valence-corrected chi connectivity index (χ2v) is 4.00. The van der Waals surface area contributed by atoms with Crippen LogP contribution in [0.25, 0.3) is 11.0 Å². The van der Waals surface area contributed by atoms with Gasteiger partial charge in [-0.25, -0.2) is 0 Å². The summed E-state index contributed by atoms with van der Waals surface area (Å²) >= 11 is 0. The van der Waals surface area contributed by atoms with Crippen LogP contribution in [0.3, 0.4) is 0 Å². The first-order valence-corrected chi connectivity index (χ1v) is 5.68. The number of hydrogen-bond donors (Lipinski definition) is 0. The summed E-state index contributed by atoms with van der Waals surface area (Å²) in [4.78, 5) is 0. The SMILES string of the molecule is c1cc(OC2CCCCO2)c2ccoc2c1. The molecule has 0 spiro atoms. The molecule has 1 aromatic carbocycles. The standard InChI is InChI=1S/C13H14O3/c1-2-8-15-13(6-1)16-12-5-3-4-11-10(12)7-9-14-11/h3-5,7,9,13H,1-2,6,8H2. The predicted octanol–water partition coefficient (Wildman–Crippen LogP) is 3.34. The van der Waals surface area contributed by atoms with E-state index in [1.165, 1.54) is 6.42 Å². The van der Waals surface area contributed by atoms with Crippen molar-refractivity contribution in [3.05, 3.63) is 30.5 Å². The van der Waals surface area contributed by atoms with Crippen LogP contribution in [0.1, 0.15) is 19.3 Å². The lowest BCUT2D eigenvalue weighted by Gasteiger charge is -2.23. The van der Waals surface area contributed by atoms with E-state index in [0.29, 0.717) is 0 Å². The van der Waals surface area contributed by atoms with Gasteiger partial charge in [0.05, 0.1) is 18.3 Å². The Bertz CT molecular complexity index is 469. The van der Waals surface area contributed by atoms with Crippen LogP contribution in [0.2, 0.25) is 0 Å². The lowest BCUT2D eigenvalue weighted by atomic mass is 10.2. The van der Waals surface area contributed by atoms with Crippen molar-refractivity contribution < 1.29 is 13.9 Å². The Balaban J connectivity index is 1.85. The monoisotopic (exact) mass is 218 g/mol. The molecule has 0 radical (unpaired) electrons. The van der Waals surface area contributed by atoms with Crippen LogP contribution in [-0.2, 0) is 4.74 Å². The van der Waals surface area contributed by atoms with Crippen molar-refractivity contribution in [1.29, 1.82) is 0 Å². The van der Waals surface area contributed by atoms with Gasteiger partial charge in [-0.2, -0.15) is 0 Å². The highest BCUT2D eigenvalue weighted by molar-refractivity contribution is 5.83. The van der Waals surface area contributed by atoms with Crippen molar-refractivity contribution >= 4 is 11.0 Å². The zero-order valence-electron chi connectivity index (χ0n) is 9.02. The quantitative estimate of drug-likeness (QED) is 0.774. The van der Waals surface area contributed by atoms with Crippen molar-refractivity contribution in [3.63, 3.8) is 0 Å². The van der Waals surface area contributed by atoms with E-state index in [-0.39, 0.29) is 6.29 Å². The molecule has 3 rings (SSSR count). The molecule has 3 nitrogen and oxygen atoms in total. The van der Waals surface area contributed by atoms with Crippen LogP contribution in [0.5, 0.6) is 5.75 Å². The van der Waals surface area contributed by atoms with Gasteiger partial charge in [0.25, 0.3) is 0 Å². The van der Waals surface area contributed by atoms with Crippen LogP contribution < -0.4 is 4.74 Å². The Labute approximate surface area is 94.0 Å². The first kappa shape index (κ1) is 9.73. The number of fused-ring (bicyclic) bond motifs is 1. The van der Waals surface area contributed by atoms with E-state index in [1.54, 1.807) is 6.26 Å². The summed E-state index contributed by atoms with van der Waals surface area (Å²) in [5, 5.41) is 1.01. The van der Waals surface area contributed by atoms with Gasteiger partial charge in [-0.05, 0) is 31.0 Å². The first-order valence-electron chi connectivity index (χ1n) is 5.68. The van der Waals surface area contributed by atoms with Crippen molar-refractivity contribution in [2.45, 2.75) is 25.6 Å². The van der Waals surface area contributed by atoms with Gasteiger partial charge in [-0.1, -0.05) is 6.07 Å². The van der Waals surface area contributed by atoms with Gasteiger partial charge in [0.2, 0.25) is 0 Å². The molecule has 0 bridgehead atoms. The average molecular weight is 218 g/mol. The second-order valence-electron chi connectivity index (χ2n) is 4.00. The van der Waals surface area contributed by atoms with Gasteiger partial charge >= 0.3 is 0 Å². The molecular formula is C13H14O3. The van der Waals surface area contributed by atoms with Gasteiger partial charge in [-0.3, -0.25) is 0 Å². The van der Waals surface area contributed by atoms with Crippen molar-refractivity contribution in [3.8, 4) is 5.75 Å². The number of rotatable bonds is 2. The smallest absolute Gasteiger partial charge is 0.199 e. The van der Waals surface area contributed by atoms with E-state index in [2.05, 4.69) is 0 Å². The number of hydrogen-bond acceptors (Lipinski definition) is 3. The molecule has 0 saturated carbocycles. The van der Waals surface area contributed by atoms with Crippen LogP contribution in [0.15, 0.2) is 34.9 Å². The van der Waals surface area contributed by atoms with E-state index in [9.17, 15) is 0 Å². The van der Waals surface area contributed by atoms with Gasteiger partial charge in [0.15, 0.2) is 6.29 Å². The largest absolute Gasteiger partial charge is 0.464 e. The van der Waals surface area contributed by atoms with E-state index in [1.807, 2.05) is 24.3 Å². The maximum absolute atomic E-state index is 5.84. The fraction of sp³-hybridized carbons (Fsp3) is 0.385. The third kappa shape index (κ3) is 1.78. The average Bonchev–Trinajstić information content (AvgIpc) is 2.80. The molecular weight excluding hydrogens is 204 g/mol. The zero-order chi connectivity index (χ0) is 10.8. The summed E-state index contributed by atoms with van der Waals surface area (Å²) in [6.45, 7) is 0.798. The van der Waals surface area contributed by atoms with Crippen LogP contribution in [-0.4, -0.2) is 12.9 Å². The van der Waals surface area contributed by atoms with Gasteiger partial charge in [0, 0.05) is 6.42 Å². The van der Waals surface area contributed by atoms with Gasteiger partial charge in [0.1, 0.15) is 11.3 Å². The molecule has 1 unspecified atom stereocenters. The molecule has 3 heteroatoms. The van der Waals surface area contributed by atoms with E-state index < -0.39 is 0 Å². The van der Waals surface area contributed by atoms with Crippen LogP contribution in [0, 0.1) is 0 Å². The highest BCUT2D eigenvalue weighted by Crippen LogP contribution is 2.28. The molecule has 2 aromatic rings. The van der Waals surface area contributed by atoms with E-state index in [4.69, 9.17) is 13.9 Å². The van der Waals surface area contributed by atoms with Gasteiger partial charge in [-0.15, -0.1) is 0 Å². The van der Waals surface area contributed by atoms with Crippen LogP contribution >= 0.6 is 0 Å². The Kier molecular flexibility index (Phi) is 2.54. The second kappa shape index (κ2) is 4.18. The summed E-state index contributed by atoms with van der Waals surface area (Å²) in [5.41, 5.74) is 0.855. The molecule has 0 aliphatic carbocycles. The fourth-order valence-corrected chi connectivity index (χ4v) is 2.01. The molecule has 1 fully saturated rings. The Morgan fingerprint density at radius 3 is 3.06 bits per heavy atom. The maximum atomic E-state index is 5.84. The molecule has 1 saturated heterocycles. The van der Waals surface area contributed by atoms with Crippen LogP contribution in [0.4, 0.5) is 0 Å². The lowest BCUT2D eigenvalue weighted by Crippen LogP contribution is -2.24.